The van der Waals surface area contributed by atoms with E-state index in [1.807, 2.05) is 36.4 Å². The van der Waals surface area contributed by atoms with Crippen LogP contribution in [-0.2, 0) is 10.7 Å². The molecule has 2 aromatic carbocycles. The summed E-state index contributed by atoms with van der Waals surface area (Å²) in [6.07, 6.45) is -0.0451. The van der Waals surface area contributed by atoms with E-state index < -0.39 is 7.60 Å². The van der Waals surface area contributed by atoms with Crippen LogP contribution in [0, 0.1) is 0 Å². The molecular weight excluding hydrogens is 273 g/mol. The molecule has 0 fully saturated rings. The van der Waals surface area contributed by atoms with Gasteiger partial charge < -0.3 is 14.4 Å². The summed E-state index contributed by atoms with van der Waals surface area (Å²) in [5, 5.41) is 1.02. The lowest BCUT2D eigenvalue weighted by atomic mass is 10.2. The molecule has 102 valence electrons. The van der Waals surface area contributed by atoms with Gasteiger partial charge in [-0.15, -0.1) is 0 Å². The van der Waals surface area contributed by atoms with Gasteiger partial charge in [0.15, 0.2) is 0 Å². The first-order valence-electron chi connectivity index (χ1n) is 6.25. The highest BCUT2D eigenvalue weighted by molar-refractivity contribution is 7.52. The Labute approximate surface area is 116 Å². The molecule has 1 unspecified atom stereocenters. The molecule has 3 aromatic rings. The first kappa shape index (κ1) is 13.0. The Morgan fingerprint density at radius 1 is 1.05 bits per heavy atom. The molecule has 4 nitrogen and oxygen atoms in total. The second kappa shape index (κ2) is 5.16. The number of benzene rings is 2. The van der Waals surface area contributed by atoms with Crippen molar-refractivity contribution < 1.29 is 14.0 Å². The Balaban J connectivity index is 1.80. The van der Waals surface area contributed by atoms with E-state index in [1.54, 1.807) is 24.3 Å². The van der Waals surface area contributed by atoms with Crippen molar-refractivity contribution in [2.24, 2.45) is 0 Å². The Morgan fingerprint density at radius 3 is 2.50 bits per heavy atom. The zero-order valence-corrected chi connectivity index (χ0v) is 11.6. The van der Waals surface area contributed by atoms with Gasteiger partial charge in [0, 0.05) is 11.2 Å². The third kappa shape index (κ3) is 2.93. The Kier molecular flexibility index (Phi) is 3.35. The number of nitrogens with one attached hydrogen (secondary N) is 1. The molecule has 0 saturated heterocycles. The van der Waals surface area contributed by atoms with Gasteiger partial charge in [0.2, 0.25) is 0 Å². The minimum absolute atomic E-state index is 0.0451. The van der Waals surface area contributed by atoms with Crippen molar-refractivity contribution in [2.45, 2.75) is 6.16 Å². The Hall–Kier alpha value is -2.03. The number of hydrogen-bond donors (Lipinski definition) is 2. The van der Waals surface area contributed by atoms with Crippen LogP contribution in [0.5, 0.6) is 5.75 Å². The molecule has 0 amide bonds. The van der Waals surface area contributed by atoms with Crippen LogP contribution < -0.4 is 4.52 Å². The summed E-state index contributed by atoms with van der Waals surface area (Å²) in [7, 11) is -3.72. The van der Waals surface area contributed by atoms with Crippen LogP contribution in [0.3, 0.4) is 0 Å². The maximum absolute atomic E-state index is 12.1. The predicted molar refractivity (Wildman–Crippen MR) is 78.9 cm³/mol. The summed E-state index contributed by atoms with van der Waals surface area (Å²) >= 11 is 0. The van der Waals surface area contributed by atoms with Gasteiger partial charge in [-0.05, 0) is 29.7 Å². The third-order valence-electron chi connectivity index (χ3n) is 2.95. The van der Waals surface area contributed by atoms with Gasteiger partial charge in [-0.3, -0.25) is 0 Å². The minimum Gasteiger partial charge on any atom is -0.424 e. The van der Waals surface area contributed by atoms with E-state index in [2.05, 4.69) is 4.98 Å². The summed E-state index contributed by atoms with van der Waals surface area (Å²) in [6, 6.07) is 18.3. The lowest BCUT2D eigenvalue weighted by molar-refractivity contribution is 0.378. The van der Waals surface area contributed by atoms with E-state index in [4.69, 9.17) is 4.52 Å². The second-order valence-electron chi connectivity index (χ2n) is 4.58. The highest BCUT2D eigenvalue weighted by Gasteiger charge is 2.22. The van der Waals surface area contributed by atoms with Crippen molar-refractivity contribution in [3.8, 4) is 5.75 Å². The SMILES string of the molecule is O=P(O)(Cc1cc2ccccc2[nH]1)Oc1ccccc1. The van der Waals surface area contributed by atoms with Crippen molar-refractivity contribution in [2.75, 3.05) is 0 Å². The number of para-hydroxylation sites is 2. The lowest BCUT2D eigenvalue weighted by Crippen LogP contribution is -1.96. The quantitative estimate of drug-likeness (QED) is 0.715. The summed E-state index contributed by atoms with van der Waals surface area (Å²) in [4.78, 5) is 13.1. The fourth-order valence-electron chi connectivity index (χ4n) is 2.11. The number of aromatic nitrogens is 1. The molecule has 0 aliphatic heterocycles. The van der Waals surface area contributed by atoms with Gasteiger partial charge in [-0.1, -0.05) is 36.4 Å². The highest BCUT2D eigenvalue weighted by atomic mass is 31.2. The smallest absolute Gasteiger partial charge is 0.382 e. The average molecular weight is 287 g/mol. The zero-order chi connectivity index (χ0) is 14.0. The van der Waals surface area contributed by atoms with E-state index in [-0.39, 0.29) is 6.16 Å². The minimum atomic E-state index is -3.72. The average Bonchev–Trinajstić information content (AvgIpc) is 2.80. The first-order chi connectivity index (χ1) is 9.62. The maximum atomic E-state index is 12.1. The monoisotopic (exact) mass is 287 g/mol. The third-order valence-corrected chi connectivity index (χ3v) is 4.18. The summed E-state index contributed by atoms with van der Waals surface area (Å²) < 4.78 is 17.3. The molecule has 2 N–H and O–H groups in total. The number of fused-ring (bicyclic) bond motifs is 1. The van der Waals surface area contributed by atoms with Gasteiger partial charge >= 0.3 is 7.60 Å². The fourth-order valence-corrected chi connectivity index (χ4v) is 3.23. The normalized spacial score (nSPS) is 14.1. The Morgan fingerprint density at radius 2 is 1.75 bits per heavy atom. The standard InChI is InChI=1S/C15H14NO3P/c17-20(18,19-14-7-2-1-3-8-14)11-13-10-12-6-4-5-9-15(12)16-13/h1-10,16H,11H2,(H,17,18). The van der Waals surface area contributed by atoms with Crippen LogP contribution in [0.4, 0.5) is 0 Å². The predicted octanol–water partition coefficient (Wildman–Crippen LogP) is 3.93. The molecule has 1 heterocycles. The van der Waals surface area contributed by atoms with Crippen LogP contribution >= 0.6 is 7.60 Å². The van der Waals surface area contributed by atoms with E-state index in [0.29, 0.717) is 11.4 Å². The highest BCUT2D eigenvalue weighted by Crippen LogP contribution is 2.46. The number of rotatable bonds is 4. The van der Waals surface area contributed by atoms with Crippen LogP contribution in [0.15, 0.2) is 60.7 Å². The summed E-state index contributed by atoms with van der Waals surface area (Å²) in [5.41, 5.74) is 1.63. The largest absolute Gasteiger partial charge is 0.424 e. The molecule has 5 heteroatoms. The zero-order valence-electron chi connectivity index (χ0n) is 10.7. The van der Waals surface area contributed by atoms with Gasteiger partial charge in [0.05, 0.1) is 0 Å². The molecule has 1 atom stereocenters. The maximum Gasteiger partial charge on any atom is 0.382 e. The molecule has 0 bridgehead atoms. The van der Waals surface area contributed by atoms with Crippen molar-refractivity contribution in [1.29, 1.82) is 0 Å². The van der Waals surface area contributed by atoms with E-state index in [1.165, 1.54) is 0 Å². The van der Waals surface area contributed by atoms with Gasteiger partial charge in [-0.2, -0.15) is 0 Å². The van der Waals surface area contributed by atoms with Crippen molar-refractivity contribution in [3.05, 3.63) is 66.4 Å². The molecule has 0 radical (unpaired) electrons. The number of aromatic amines is 1. The van der Waals surface area contributed by atoms with Crippen LogP contribution in [0.25, 0.3) is 10.9 Å². The van der Waals surface area contributed by atoms with Gasteiger partial charge in [0.1, 0.15) is 11.9 Å². The fraction of sp³-hybridized carbons (Fsp3) is 0.0667. The van der Waals surface area contributed by atoms with Crippen LogP contribution in [0.2, 0.25) is 0 Å². The number of H-pyrrole nitrogens is 1. The van der Waals surface area contributed by atoms with Crippen molar-refractivity contribution in [1.82, 2.24) is 4.98 Å². The molecule has 0 aliphatic rings. The first-order valence-corrected chi connectivity index (χ1v) is 8.02. The van der Waals surface area contributed by atoms with Gasteiger partial charge in [0.25, 0.3) is 0 Å². The molecule has 1 aromatic heterocycles. The van der Waals surface area contributed by atoms with Gasteiger partial charge in [-0.25, -0.2) is 4.57 Å². The van der Waals surface area contributed by atoms with Crippen LogP contribution in [-0.4, -0.2) is 9.88 Å². The second-order valence-corrected chi connectivity index (χ2v) is 6.36. The van der Waals surface area contributed by atoms with Crippen molar-refractivity contribution >= 4 is 18.5 Å². The molecule has 20 heavy (non-hydrogen) atoms. The lowest BCUT2D eigenvalue weighted by Gasteiger charge is -2.12. The van der Waals surface area contributed by atoms with Crippen molar-refractivity contribution in [3.63, 3.8) is 0 Å². The number of hydrogen-bond acceptors (Lipinski definition) is 2. The van der Waals surface area contributed by atoms with E-state index in [9.17, 15) is 9.46 Å². The molecule has 3 rings (SSSR count). The molecule has 0 saturated carbocycles. The molecule has 0 spiro atoms. The summed E-state index contributed by atoms with van der Waals surface area (Å²) in [6.45, 7) is 0. The molecular formula is C15H14NO3P. The molecule has 0 aliphatic carbocycles. The Bertz CT molecular complexity index is 734. The summed E-state index contributed by atoms with van der Waals surface area (Å²) in [5.74, 6) is 0.398. The van der Waals surface area contributed by atoms with Crippen LogP contribution in [0.1, 0.15) is 5.69 Å². The van der Waals surface area contributed by atoms with E-state index in [0.717, 1.165) is 10.9 Å². The topological polar surface area (TPSA) is 62.3 Å². The van der Waals surface area contributed by atoms with E-state index >= 15 is 0 Å².